The van der Waals surface area contributed by atoms with Crippen LogP contribution in [-0.4, -0.2) is 50.1 Å². The lowest BCUT2D eigenvalue weighted by Gasteiger charge is -2.26. The van der Waals surface area contributed by atoms with E-state index in [1.807, 2.05) is 18.2 Å². The standard InChI is InChI=1S/C23H32FNO4/c1-17(2)15-29-16-21(26)14-25(12-18-5-8-20(24)9-6-18)13-19-7-10-22(27-3)23(11-19)28-4/h5-11,17,21,26H,12-16H2,1-4H3. The normalized spacial score (nSPS) is 12.4. The van der Waals surface area contributed by atoms with Gasteiger partial charge in [0.15, 0.2) is 11.5 Å². The molecule has 0 aliphatic rings. The van der Waals surface area contributed by atoms with Crippen LogP contribution in [0.15, 0.2) is 42.5 Å². The van der Waals surface area contributed by atoms with Crippen LogP contribution in [0.3, 0.4) is 0 Å². The highest BCUT2D eigenvalue weighted by Crippen LogP contribution is 2.28. The Morgan fingerprint density at radius 2 is 1.52 bits per heavy atom. The van der Waals surface area contributed by atoms with Crippen molar-refractivity contribution in [2.75, 3.05) is 34.0 Å². The molecule has 2 rings (SSSR count). The van der Waals surface area contributed by atoms with Crippen molar-refractivity contribution in [3.05, 3.63) is 59.4 Å². The summed E-state index contributed by atoms with van der Waals surface area (Å²) in [6, 6.07) is 12.2. The Balaban J connectivity index is 2.09. The van der Waals surface area contributed by atoms with Crippen LogP contribution < -0.4 is 9.47 Å². The molecule has 0 saturated carbocycles. The molecule has 1 atom stereocenters. The molecule has 0 heterocycles. The van der Waals surface area contributed by atoms with Gasteiger partial charge in [0, 0.05) is 26.2 Å². The molecule has 0 aliphatic carbocycles. The molecule has 1 N–H and O–H groups in total. The van der Waals surface area contributed by atoms with Crippen molar-refractivity contribution >= 4 is 0 Å². The molecule has 160 valence electrons. The van der Waals surface area contributed by atoms with Gasteiger partial charge in [0.05, 0.1) is 26.9 Å². The van der Waals surface area contributed by atoms with Crippen molar-refractivity contribution < 1.29 is 23.7 Å². The van der Waals surface area contributed by atoms with Crippen LogP contribution in [0.2, 0.25) is 0 Å². The minimum absolute atomic E-state index is 0.262. The highest BCUT2D eigenvalue weighted by molar-refractivity contribution is 5.42. The van der Waals surface area contributed by atoms with Crippen LogP contribution in [-0.2, 0) is 17.8 Å². The third-order valence-electron chi connectivity index (χ3n) is 4.40. The van der Waals surface area contributed by atoms with E-state index < -0.39 is 6.10 Å². The molecule has 0 spiro atoms. The summed E-state index contributed by atoms with van der Waals surface area (Å²) in [5, 5.41) is 10.4. The van der Waals surface area contributed by atoms with Gasteiger partial charge < -0.3 is 19.3 Å². The van der Waals surface area contributed by atoms with Gasteiger partial charge in [-0.1, -0.05) is 32.0 Å². The molecule has 6 heteroatoms. The predicted octanol–water partition coefficient (Wildman–Crippen LogP) is 3.88. The number of hydrogen-bond acceptors (Lipinski definition) is 5. The Bertz CT molecular complexity index is 736. The number of halogens is 1. The first kappa shape index (κ1) is 23.1. The van der Waals surface area contributed by atoms with E-state index in [1.165, 1.54) is 12.1 Å². The molecule has 1 unspecified atom stereocenters. The molecule has 0 amide bonds. The minimum atomic E-state index is -0.616. The van der Waals surface area contributed by atoms with Gasteiger partial charge >= 0.3 is 0 Å². The van der Waals surface area contributed by atoms with Crippen LogP contribution in [0.1, 0.15) is 25.0 Å². The maximum absolute atomic E-state index is 13.2. The third-order valence-corrected chi connectivity index (χ3v) is 4.40. The smallest absolute Gasteiger partial charge is 0.161 e. The fourth-order valence-electron chi connectivity index (χ4n) is 3.06. The zero-order valence-corrected chi connectivity index (χ0v) is 17.7. The highest BCUT2D eigenvalue weighted by Gasteiger charge is 2.15. The van der Waals surface area contributed by atoms with Crippen LogP contribution in [0.5, 0.6) is 11.5 Å². The fraction of sp³-hybridized carbons (Fsp3) is 0.478. The van der Waals surface area contributed by atoms with Gasteiger partial charge in [0.25, 0.3) is 0 Å². The summed E-state index contributed by atoms with van der Waals surface area (Å²) in [5.74, 6) is 1.49. The fourth-order valence-corrected chi connectivity index (χ4v) is 3.06. The van der Waals surface area contributed by atoms with Crippen molar-refractivity contribution in [1.29, 1.82) is 0 Å². The predicted molar refractivity (Wildman–Crippen MR) is 112 cm³/mol. The molecule has 0 fully saturated rings. The van der Waals surface area contributed by atoms with Crippen molar-refractivity contribution in [3.8, 4) is 11.5 Å². The molecule has 0 aliphatic heterocycles. The van der Waals surface area contributed by atoms with E-state index in [0.717, 1.165) is 11.1 Å². The van der Waals surface area contributed by atoms with Crippen molar-refractivity contribution in [2.24, 2.45) is 5.92 Å². The summed E-state index contributed by atoms with van der Waals surface area (Å²) in [7, 11) is 3.21. The first-order chi connectivity index (χ1) is 13.9. The average Bonchev–Trinajstić information content (AvgIpc) is 2.69. The number of benzene rings is 2. The quantitative estimate of drug-likeness (QED) is 0.581. The van der Waals surface area contributed by atoms with Crippen LogP contribution in [0.4, 0.5) is 4.39 Å². The molecule has 0 bridgehead atoms. The number of methoxy groups -OCH3 is 2. The van der Waals surface area contributed by atoms with Gasteiger partial charge in [-0.15, -0.1) is 0 Å². The van der Waals surface area contributed by atoms with Crippen molar-refractivity contribution in [2.45, 2.75) is 33.0 Å². The van der Waals surface area contributed by atoms with Crippen LogP contribution in [0, 0.1) is 11.7 Å². The van der Waals surface area contributed by atoms with Gasteiger partial charge in [0.2, 0.25) is 0 Å². The number of ether oxygens (including phenoxy) is 3. The van der Waals surface area contributed by atoms with Gasteiger partial charge in [-0.25, -0.2) is 4.39 Å². The maximum atomic E-state index is 13.2. The number of hydrogen-bond donors (Lipinski definition) is 1. The van der Waals surface area contributed by atoms with Gasteiger partial charge in [-0.2, -0.15) is 0 Å². The molecule has 29 heavy (non-hydrogen) atoms. The van der Waals surface area contributed by atoms with E-state index in [0.29, 0.717) is 43.7 Å². The molecular weight excluding hydrogens is 373 g/mol. The number of aliphatic hydroxyl groups excluding tert-OH is 1. The number of aliphatic hydroxyl groups is 1. The zero-order chi connectivity index (χ0) is 21.2. The second-order valence-electron chi connectivity index (χ2n) is 7.57. The Kier molecular flexibility index (Phi) is 9.38. The Morgan fingerprint density at radius 1 is 0.897 bits per heavy atom. The molecular formula is C23H32FNO4. The molecule has 0 radical (unpaired) electrons. The molecule has 0 saturated heterocycles. The van der Waals surface area contributed by atoms with E-state index in [4.69, 9.17) is 14.2 Å². The SMILES string of the molecule is COc1ccc(CN(Cc2ccc(F)cc2)CC(O)COCC(C)C)cc1OC. The second kappa shape index (κ2) is 11.8. The molecule has 2 aromatic rings. The van der Waals surface area contributed by atoms with Crippen LogP contribution in [0.25, 0.3) is 0 Å². The first-order valence-electron chi connectivity index (χ1n) is 9.84. The summed E-state index contributed by atoms with van der Waals surface area (Å²) >= 11 is 0. The Hall–Kier alpha value is -2.15. The van der Waals surface area contributed by atoms with E-state index in [9.17, 15) is 9.50 Å². The third kappa shape index (κ3) is 8.01. The largest absolute Gasteiger partial charge is 0.493 e. The summed E-state index contributed by atoms with van der Waals surface area (Å²) < 4.78 is 29.5. The van der Waals surface area contributed by atoms with E-state index in [2.05, 4.69) is 18.7 Å². The average molecular weight is 406 g/mol. The summed E-state index contributed by atoms with van der Waals surface area (Å²) in [6.07, 6.45) is -0.616. The summed E-state index contributed by atoms with van der Waals surface area (Å²) in [6.45, 7) is 6.65. The molecule has 5 nitrogen and oxygen atoms in total. The van der Waals surface area contributed by atoms with Gasteiger partial charge in [-0.3, -0.25) is 4.90 Å². The number of nitrogens with zero attached hydrogens (tertiary/aromatic N) is 1. The lowest BCUT2D eigenvalue weighted by atomic mass is 10.1. The summed E-state index contributed by atoms with van der Waals surface area (Å²) in [5.41, 5.74) is 2.00. The Morgan fingerprint density at radius 3 is 2.14 bits per heavy atom. The lowest BCUT2D eigenvalue weighted by molar-refractivity contribution is 0.00553. The van der Waals surface area contributed by atoms with Gasteiger partial charge in [0.1, 0.15) is 5.82 Å². The van der Waals surface area contributed by atoms with E-state index in [-0.39, 0.29) is 12.4 Å². The topological polar surface area (TPSA) is 51.2 Å². The molecule has 0 aromatic heterocycles. The monoisotopic (exact) mass is 405 g/mol. The first-order valence-corrected chi connectivity index (χ1v) is 9.84. The van der Waals surface area contributed by atoms with E-state index in [1.54, 1.807) is 26.4 Å². The van der Waals surface area contributed by atoms with Crippen molar-refractivity contribution in [1.82, 2.24) is 4.90 Å². The van der Waals surface area contributed by atoms with Crippen molar-refractivity contribution in [3.63, 3.8) is 0 Å². The summed E-state index contributed by atoms with van der Waals surface area (Å²) in [4.78, 5) is 2.11. The minimum Gasteiger partial charge on any atom is -0.493 e. The zero-order valence-electron chi connectivity index (χ0n) is 17.7. The lowest BCUT2D eigenvalue weighted by Crippen LogP contribution is -2.34. The van der Waals surface area contributed by atoms with Gasteiger partial charge in [-0.05, 0) is 41.3 Å². The number of rotatable bonds is 12. The highest BCUT2D eigenvalue weighted by atomic mass is 19.1. The van der Waals surface area contributed by atoms with E-state index >= 15 is 0 Å². The van der Waals surface area contributed by atoms with Crippen LogP contribution >= 0.6 is 0 Å². The Labute approximate surface area is 173 Å². The second-order valence-corrected chi connectivity index (χ2v) is 7.57. The maximum Gasteiger partial charge on any atom is 0.161 e. The molecule has 2 aromatic carbocycles.